The summed E-state index contributed by atoms with van der Waals surface area (Å²) in [6.07, 6.45) is 1.61. The molecule has 0 saturated carbocycles. The van der Waals surface area contributed by atoms with Crippen LogP contribution in [0.5, 0.6) is 11.5 Å². The minimum Gasteiger partial charge on any atom is -0.506 e. The van der Waals surface area contributed by atoms with Gasteiger partial charge in [-0.2, -0.15) is 0 Å². The predicted molar refractivity (Wildman–Crippen MR) is 176 cm³/mol. The number of carbonyl (C=O) groups excluding carboxylic acids is 3. The third kappa shape index (κ3) is 4.38. The molecule has 5 heterocycles. The van der Waals surface area contributed by atoms with Crippen LogP contribution in [-0.4, -0.2) is 45.4 Å². The van der Waals surface area contributed by atoms with Crippen LogP contribution < -0.4 is 20.7 Å². The number of Topliss-reactive ketones (excluding diaryl/α,β-unsaturated/α-hetero) is 1. The zero-order valence-electron chi connectivity index (χ0n) is 25.4. The van der Waals surface area contributed by atoms with Gasteiger partial charge in [0.25, 0.3) is 5.91 Å². The number of phenols is 1. The van der Waals surface area contributed by atoms with E-state index in [0.717, 1.165) is 26.9 Å². The highest BCUT2D eigenvalue weighted by Crippen LogP contribution is 2.59. The number of benzene rings is 3. The predicted octanol–water partition coefficient (Wildman–Crippen LogP) is 5.47. The average molecular weight is 697 g/mol. The Bertz CT molecular complexity index is 2140. The topological polar surface area (TPSA) is 159 Å². The molecule has 5 aromatic rings. The maximum absolute atomic E-state index is 14.2. The lowest BCUT2D eigenvalue weighted by Gasteiger charge is -2.28. The van der Waals surface area contributed by atoms with Gasteiger partial charge in [-0.05, 0) is 52.0 Å². The number of ketones is 1. The standard InChI is InChI=1S/C35H30BrN5O6/c1-16(2)27-33-40-30(32(45)38-15-24(43)19-14-37-28-18(19)5-3-8-23(28)42)31(47-33)35-20-6-4-7-22(36)29(20)41-34(35)46-25-11-9-17(13-21(25)35)10-12-26(44)39-27/h3-9,11,13-14,16,27,34,37,41-42H,10,12,15H2,1-2H3,(H,38,45)(H,39,44)/t27?,34?,35-/m0/s1. The van der Waals surface area contributed by atoms with E-state index < -0.39 is 23.6 Å². The first-order valence-corrected chi connectivity index (χ1v) is 16.2. The Balaban J connectivity index is 1.28. The number of rotatable bonds is 5. The molecule has 47 heavy (non-hydrogen) atoms. The van der Waals surface area contributed by atoms with Crippen molar-refractivity contribution >= 4 is 50.1 Å². The third-order valence-electron chi connectivity index (χ3n) is 9.33. The summed E-state index contributed by atoms with van der Waals surface area (Å²) in [6.45, 7) is 3.56. The van der Waals surface area contributed by atoms with Crippen molar-refractivity contribution in [3.8, 4) is 11.5 Å². The number of aromatic hydroxyl groups is 1. The summed E-state index contributed by atoms with van der Waals surface area (Å²) in [7, 11) is 0. The lowest BCUT2D eigenvalue weighted by atomic mass is 9.72. The van der Waals surface area contributed by atoms with E-state index in [0.29, 0.717) is 28.6 Å². The molecule has 8 rings (SSSR count). The number of anilines is 1. The molecule has 2 amide bonds. The number of H-pyrrole nitrogens is 1. The number of para-hydroxylation sites is 2. The maximum Gasteiger partial charge on any atom is 0.273 e. The maximum atomic E-state index is 14.2. The summed E-state index contributed by atoms with van der Waals surface area (Å²) in [6, 6.07) is 16.0. The molecule has 3 aliphatic heterocycles. The van der Waals surface area contributed by atoms with Crippen LogP contribution in [-0.2, 0) is 16.6 Å². The number of hydrogen-bond acceptors (Lipinski definition) is 8. The number of aryl methyl sites for hydroxylation is 1. The lowest BCUT2D eigenvalue weighted by molar-refractivity contribution is -0.122. The first-order chi connectivity index (χ1) is 22.7. The Kier molecular flexibility index (Phi) is 6.69. The van der Waals surface area contributed by atoms with Crippen LogP contribution in [0.2, 0.25) is 0 Å². The number of nitrogens with one attached hydrogen (secondary N) is 4. The van der Waals surface area contributed by atoms with Crippen LogP contribution in [0.4, 0.5) is 5.69 Å². The largest absolute Gasteiger partial charge is 0.506 e. The molecule has 1 spiro atoms. The Morgan fingerprint density at radius 2 is 1.94 bits per heavy atom. The first-order valence-electron chi connectivity index (χ1n) is 15.4. The number of aromatic nitrogens is 2. The lowest BCUT2D eigenvalue weighted by Crippen LogP contribution is -2.41. The third-order valence-corrected chi connectivity index (χ3v) is 9.99. The van der Waals surface area contributed by atoms with Gasteiger partial charge in [0.05, 0.1) is 17.7 Å². The van der Waals surface area contributed by atoms with Crippen molar-refractivity contribution in [3.05, 3.63) is 105 Å². The van der Waals surface area contributed by atoms with E-state index in [4.69, 9.17) is 14.1 Å². The highest BCUT2D eigenvalue weighted by molar-refractivity contribution is 9.10. The second-order valence-electron chi connectivity index (χ2n) is 12.5. The summed E-state index contributed by atoms with van der Waals surface area (Å²) in [5.74, 6) is -0.161. The number of amides is 2. The van der Waals surface area contributed by atoms with Gasteiger partial charge in [-0.3, -0.25) is 14.4 Å². The number of halogens is 1. The molecule has 12 heteroatoms. The summed E-state index contributed by atoms with van der Waals surface area (Å²) < 4.78 is 14.0. The molecule has 0 saturated heterocycles. The Hall–Kier alpha value is -5.10. The summed E-state index contributed by atoms with van der Waals surface area (Å²) >= 11 is 3.68. The van der Waals surface area contributed by atoms with E-state index in [1.165, 1.54) is 12.3 Å². The molecule has 3 aromatic carbocycles. The minimum atomic E-state index is -1.12. The quantitative estimate of drug-likeness (QED) is 0.151. The molecule has 11 nitrogen and oxygen atoms in total. The van der Waals surface area contributed by atoms with Crippen LogP contribution in [0.3, 0.4) is 0 Å². The molecule has 0 radical (unpaired) electrons. The van der Waals surface area contributed by atoms with Crippen LogP contribution in [0, 0.1) is 5.92 Å². The molecule has 0 fully saturated rings. The Labute approximate surface area is 277 Å². The number of carbonyl (C=O) groups is 3. The van der Waals surface area contributed by atoms with Crippen molar-refractivity contribution < 1.29 is 28.6 Å². The zero-order valence-corrected chi connectivity index (χ0v) is 27.0. The van der Waals surface area contributed by atoms with Crippen molar-refractivity contribution in [1.82, 2.24) is 20.6 Å². The number of oxazole rings is 1. The molecule has 2 aromatic heterocycles. The van der Waals surface area contributed by atoms with Crippen LogP contribution in [0.15, 0.2) is 69.7 Å². The van der Waals surface area contributed by atoms with Gasteiger partial charge < -0.3 is 35.2 Å². The Morgan fingerprint density at radius 3 is 2.77 bits per heavy atom. The van der Waals surface area contributed by atoms with Crippen LogP contribution in [0.25, 0.3) is 10.9 Å². The van der Waals surface area contributed by atoms with E-state index >= 15 is 0 Å². The zero-order chi connectivity index (χ0) is 32.6. The summed E-state index contributed by atoms with van der Waals surface area (Å²) in [5, 5.41) is 20.1. The van der Waals surface area contributed by atoms with Gasteiger partial charge in [0.15, 0.2) is 23.5 Å². The molecular formula is C35H30BrN5O6. The Morgan fingerprint density at radius 1 is 1.11 bits per heavy atom. The van der Waals surface area contributed by atoms with Crippen LogP contribution in [0.1, 0.15) is 75.5 Å². The number of hydrogen-bond donors (Lipinski definition) is 5. The van der Waals surface area contributed by atoms with E-state index in [9.17, 15) is 19.5 Å². The van der Waals surface area contributed by atoms with Gasteiger partial charge >= 0.3 is 0 Å². The van der Waals surface area contributed by atoms with Crippen molar-refractivity contribution in [2.24, 2.45) is 5.92 Å². The van der Waals surface area contributed by atoms with Gasteiger partial charge in [0.1, 0.15) is 23.0 Å². The number of phenolic OH excluding ortho intramolecular Hbond substituents is 1. The highest BCUT2D eigenvalue weighted by Gasteiger charge is 2.61. The average Bonchev–Trinajstić information content (AvgIpc) is 3.82. The minimum absolute atomic E-state index is 0.00926. The molecule has 0 aliphatic carbocycles. The van der Waals surface area contributed by atoms with E-state index in [1.807, 2.05) is 50.2 Å². The molecule has 5 N–H and O–H groups in total. The van der Waals surface area contributed by atoms with Crippen molar-refractivity contribution in [1.29, 1.82) is 0 Å². The van der Waals surface area contributed by atoms with E-state index in [-0.39, 0.29) is 53.7 Å². The highest BCUT2D eigenvalue weighted by atomic mass is 79.9. The van der Waals surface area contributed by atoms with E-state index in [1.54, 1.807) is 12.1 Å². The smallest absolute Gasteiger partial charge is 0.273 e. The van der Waals surface area contributed by atoms with E-state index in [2.05, 4.69) is 36.9 Å². The SMILES string of the molecule is CC(C)C1NC(=O)CCc2ccc3c(c2)[C@@]2(c4cccc(Br)c4NC2O3)c2oc1nc2C(=O)NCC(=O)c1c[nH]c2c(O)cccc12. The molecule has 4 bridgehead atoms. The number of fused-ring (bicyclic) bond motifs is 5. The summed E-state index contributed by atoms with van der Waals surface area (Å²) in [5.41, 5.74) is 3.01. The molecular weight excluding hydrogens is 666 g/mol. The number of aromatic amines is 1. The first kappa shape index (κ1) is 29.3. The van der Waals surface area contributed by atoms with Crippen molar-refractivity contribution in [2.45, 2.75) is 44.4 Å². The number of nitrogens with zero attached hydrogens (tertiary/aromatic N) is 1. The van der Waals surface area contributed by atoms with Crippen molar-refractivity contribution in [2.75, 3.05) is 11.9 Å². The van der Waals surface area contributed by atoms with Crippen molar-refractivity contribution in [3.63, 3.8) is 0 Å². The molecule has 2 unspecified atom stereocenters. The van der Waals surface area contributed by atoms with Crippen LogP contribution >= 0.6 is 15.9 Å². The van der Waals surface area contributed by atoms with Gasteiger partial charge in [0.2, 0.25) is 11.8 Å². The fourth-order valence-corrected chi connectivity index (χ4v) is 7.52. The van der Waals surface area contributed by atoms with Gasteiger partial charge in [0, 0.05) is 39.2 Å². The molecule has 3 aliphatic rings. The fourth-order valence-electron chi connectivity index (χ4n) is 7.03. The number of ether oxygens (including phenoxy) is 1. The van der Waals surface area contributed by atoms with Gasteiger partial charge in [-0.1, -0.05) is 50.2 Å². The summed E-state index contributed by atoms with van der Waals surface area (Å²) in [4.78, 5) is 48.4. The second kappa shape index (κ2) is 10.7. The van der Waals surface area contributed by atoms with Gasteiger partial charge in [-0.15, -0.1) is 0 Å². The molecule has 238 valence electrons. The normalized spacial score (nSPS) is 20.8. The molecule has 3 atom stereocenters. The monoisotopic (exact) mass is 695 g/mol. The van der Waals surface area contributed by atoms with Gasteiger partial charge in [-0.25, -0.2) is 4.98 Å². The second-order valence-corrected chi connectivity index (χ2v) is 13.3. The fraction of sp³-hybridized carbons (Fsp3) is 0.257.